The standard InChI is InChI=1S/C15H21FN2O/c1-15(14(17)19,12-9-5-6-10-13(12)16)18-11-7-3-2-4-8-11/h5-6,9-11,18H,2-4,7-8H2,1H3,(H2,17,19). The van der Waals surface area contributed by atoms with Gasteiger partial charge in [0.1, 0.15) is 11.4 Å². The number of carbonyl (C=O) groups is 1. The molecule has 1 fully saturated rings. The van der Waals surface area contributed by atoms with Crippen LogP contribution in [0.1, 0.15) is 44.6 Å². The Morgan fingerprint density at radius 3 is 2.53 bits per heavy atom. The van der Waals surface area contributed by atoms with E-state index in [1.54, 1.807) is 25.1 Å². The molecule has 1 aliphatic carbocycles. The van der Waals surface area contributed by atoms with E-state index in [0.29, 0.717) is 5.56 Å². The van der Waals surface area contributed by atoms with E-state index >= 15 is 0 Å². The van der Waals surface area contributed by atoms with E-state index in [0.717, 1.165) is 25.7 Å². The maximum atomic E-state index is 14.0. The van der Waals surface area contributed by atoms with Gasteiger partial charge in [-0.3, -0.25) is 10.1 Å². The van der Waals surface area contributed by atoms with Gasteiger partial charge in [-0.1, -0.05) is 37.5 Å². The maximum absolute atomic E-state index is 14.0. The third kappa shape index (κ3) is 2.95. The molecule has 3 nitrogen and oxygen atoms in total. The van der Waals surface area contributed by atoms with Crippen molar-refractivity contribution in [2.45, 2.75) is 50.6 Å². The second-order valence-electron chi connectivity index (χ2n) is 5.45. The summed E-state index contributed by atoms with van der Waals surface area (Å²) < 4.78 is 14.0. The van der Waals surface area contributed by atoms with E-state index in [2.05, 4.69) is 5.32 Å². The average molecular weight is 264 g/mol. The van der Waals surface area contributed by atoms with Crippen LogP contribution < -0.4 is 11.1 Å². The van der Waals surface area contributed by atoms with Crippen molar-refractivity contribution < 1.29 is 9.18 Å². The molecule has 3 N–H and O–H groups in total. The molecule has 4 heteroatoms. The van der Waals surface area contributed by atoms with Gasteiger partial charge in [-0.2, -0.15) is 0 Å². The lowest BCUT2D eigenvalue weighted by atomic mass is 9.86. The summed E-state index contributed by atoms with van der Waals surface area (Å²) in [5, 5.41) is 3.27. The van der Waals surface area contributed by atoms with Gasteiger partial charge in [0.15, 0.2) is 0 Å². The highest BCUT2D eigenvalue weighted by atomic mass is 19.1. The van der Waals surface area contributed by atoms with Crippen LogP contribution in [0.5, 0.6) is 0 Å². The van der Waals surface area contributed by atoms with E-state index in [1.807, 2.05) is 0 Å². The van der Waals surface area contributed by atoms with Gasteiger partial charge in [0.2, 0.25) is 5.91 Å². The molecule has 2 rings (SSSR count). The summed E-state index contributed by atoms with van der Waals surface area (Å²) in [6, 6.07) is 6.55. The Morgan fingerprint density at radius 1 is 1.32 bits per heavy atom. The SMILES string of the molecule is CC(NC1CCCCC1)(C(N)=O)c1ccccc1F. The van der Waals surface area contributed by atoms with Crippen molar-refractivity contribution in [3.8, 4) is 0 Å². The lowest BCUT2D eigenvalue weighted by Gasteiger charge is -2.35. The van der Waals surface area contributed by atoms with Gasteiger partial charge in [0.25, 0.3) is 0 Å². The van der Waals surface area contributed by atoms with Gasteiger partial charge in [0.05, 0.1) is 0 Å². The van der Waals surface area contributed by atoms with E-state index in [1.165, 1.54) is 12.5 Å². The number of hydrogen-bond acceptors (Lipinski definition) is 2. The van der Waals surface area contributed by atoms with Crippen LogP contribution in [0.15, 0.2) is 24.3 Å². The summed E-state index contributed by atoms with van der Waals surface area (Å²) in [5.41, 5.74) is 4.70. The Bertz CT molecular complexity index is 457. The monoisotopic (exact) mass is 264 g/mol. The summed E-state index contributed by atoms with van der Waals surface area (Å²) in [7, 11) is 0. The Hall–Kier alpha value is -1.42. The molecule has 0 heterocycles. The Kier molecular flexibility index (Phi) is 4.20. The van der Waals surface area contributed by atoms with E-state index in [-0.39, 0.29) is 6.04 Å². The number of primary amides is 1. The number of nitrogens with one attached hydrogen (secondary N) is 1. The van der Waals surface area contributed by atoms with Gasteiger partial charge >= 0.3 is 0 Å². The molecule has 0 spiro atoms. The van der Waals surface area contributed by atoms with Crippen molar-refractivity contribution in [2.75, 3.05) is 0 Å². The molecule has 1 aromatic carbocycles. The number of amides is 1. The zero-order valence-electron chi connectivity index (χ0n) is 11.3. The van der Waals surface area contributed by atoms with Gasteiger partial charge < -0.3 is 5.73 Å². The molecule has 1 aliphatic rings. The molecule has 0 aromatic heterocycles. The van der Waals surface area contributed by atoms with Crippen LogP contribution >= 0.6 is 0 Å². The van der Waals surface area contributed by atoms with Gasteiger partial charge in [-0.25, -0.2) is 4.39 Å². The lowest BCUT2D eigenvalue weighted by Crippen LogP contribution is -2.55. The van der Waals surface area contributed by atoms with Crippen LogP contribution in [-0.4, -0.2) is 11.9 Å². The molecular formula is C15H21FN2O. The minimum absolute atomic E-state index is 0.228. The highest BCUT2D eigenvalue weighted by molar-refractivity contribution is 5.85. The van der Waals surface area contributed by atoms with Gasteiger partial charge in [-0.15, -0.1) is 0 Å². The van der Waals surface area contributed by atoms with E-state index in [4.69, 9.17) is 5.73 Å². The zero-order chi connectivity index (χ0) is 13.9. The molecule has 19 heavy (non-hydrogen) atoms. The molecular weight excluding hydrogens is 243 g/mol. The fraction of sp³-hybridized carbons (Fsp3) is 0.533. The highest BCUT2D eigenvalue weighted by Crippen LogP contribution is 2.27. The Balaban J connectivity index is 2.27. The minimum Gasteiger partial charge on any atom is -0.368 e. The number of halogens is 1. The largest absolute Gasteiger partial charge is 0.368 e. The molecule has 0 bridgehead atoms. The summed E-state index contributed by atoms with van der Waals surface area (Å²) in [6.45, 7) is 1.67. The van der Waals surface area contributed by atoms with Crippen LogP contribution in [-0.2, 0) is 10.3 Å². The van der Waals surface area contributed by atoms with E-state index < -0.39 is 17.3 Å². The summed E-state index contributed by atoms with van der Waals surface area (Å²) in [6.07, 6.45) is 5.54. The third-order valence-electron chi connectivity index (χ3n) is 4.00. The molecule has 1 aromatic rings. The number of nitrogens with two attached hydrogens (primary N) is 1. The predicted octanol–water partition coefficient (Wildman–Crippen LogP) is 2.45. The predicted molar refractivity (Wildman–Crippen MR) is 73.0 cm³/mol. The van der Waals surface area contributed by atoms with Crippen LogP contribution in [0.2, 0.25) is 0 Å². The van der Waals surface area contributed by atoms with Crippen molar-refractivity contribution >= 4 is 5.91 Å². The Morgan fingerprint density at radius 2 is 1.95 bits per heavy atom. The second kappa shape index (κ2) is 5.70. The molecule has 1 unspecified atom stereocenters. The minimum atomic E-state index is -1.15. The number of benzene rings is 1. The molecule has 1 atom stereocenters. The zero-order valence-corrected chi connectivity index (χ0v) is 11.3. The van der Waals surface area contributed by atoms with Crippen LogP contribution in [0, 0.1) is 5.82 Å². The summed E-state index contributed by atoms with van der Waals surface area (Å²) in [5.74, 6) is -0.935. The third-order valence-corrected chi connectivity index (χ3v) is 4.00. The van der Waals surface area contributed by atoms with Gasteiger partial charge in [-0.05, 0) is 25.8 Å². The van der Waals surface area contributed by atoms with Crippen molar-refractivity contribution in [1.82, 2.24) is 5.32 Å². The number of carbonyl (C=O) groups excluding carboxylic acids is 1. The summed E-state index contributed by atoms with van der Waals surface area (Å²) >= 11 is 0. The Labute approximate surface area is 113 Å². The maximum Gasteiger partial charge on any atom is 0.242 e. The molecule has 0 aliphatic heterocycles. The fourth-order valence-corrected chi connectivity index (χ4v) is 2.80. The smallest absolute Gasteiger partial charge is 0.242 e. The van der Waals surface area contributed by atoms with Crippen molar-refractivity contribution in [1.29, 1.82) is 0 Å². The van der Waals surface area contributed by atoms with Crippen LogP contribution in [0.25, 0.3) is 0 Å². The van der Waals surface area contributed by atoms with Crippen LogP contribution in [0.3, 0.4) is 0 Å². The molecule has 104 valence electrons. The first kappa shape index (κ1) is 14.0. The first-order valence-corrected chi connectivity index (χ1v) is 6.86. The average Bonchev–Trinajstić information content (AvgIpc) is 2.40. The topological polar surface area (TPSA) is 55.1 Å². The van der Waals surface area contributed by atoms with Crippen molar-refractivity contribution in [2.24, 2.45) is 5.73 Å². The molecule has 0 radical (unpaired) electrons. The fourth-order valence-electron chi connectivity index (χ4n) is 2.80. The van der Waals surface area contributed by atoms with Gasteiger partial charge in [0, 0.05) is 11.6 Å². The lowest BCUT2D eigenvalue weighted by molar-refractivity contribution is -0.124. The quantitative estimate of drug-likeness (QED) is 0.877. The second-order valence-corrected chi connectivity index (χ2v) is 5.45. The van der Waals surface area contributed by atoms with Crippen LogP contribution in [0.4, 0.5) is 4.39 Å². The highest BCUT2D eigenvalue weighted by Gasteiger charge is 2.37. The molecule has 0 saturated heterocycles. The normalized spacial score (nSPS) is 19.9. The first-order valence-electron chi connectivity index (χ1n) is 6.86. The number of rotatable bonds is 4. The number of hydrogen-bond donors (Lipinski definition) is 2. The van der Waals surface area contributed by atoms with E-state index in [9.17, 15) is 9.18 Å². The van der Waals surface area contributed by atoms with Crippen molar-refractivity contribution in [3.63, 3.8) is 0 Å². The summed E-state index contributed by atoms with van der Waals surface area (Å²) in [4.78, 5) is 11.8. The molecule has 1 saturated carbocycles. The first-order chi connectivity index (χ1) is 9.04. The molecule has 1 amide bonds. The van der Waals surface area contributed by atoms with Crippen molar-refractivity contribution in [3.05, 3.63) is 35.6 Å².